The monoisotopic (exact) mass is 344 g/mol. The lowest BCUT2D eigenvalue weighted by atomic mass is 9.97. The highest BCUT2D eigenvalue weighted by atomic mass is 16.7. The first-order chi connectivity index (χ1) is 12.0. The molecule has 0 radical (unpaired) electrons. The second kappa shape index (κ2) is 8.51. The maximum atomic E-state index is 11.7. The average molecular weight is 344 g/mol. The summed E-state index contributed by atoms with van der Waals surface area (Å²) >= 11 is 0. The number of carbonyl (C=O) groups is 2. The third-order valence-corrected chi connectivity index (χ3v) is 4.08. The fourth-order valence-electron chi connectivity index (χ4n) is 2.46. The first kappa shape index (κ1) is 18.8. The zero-order valence-electron chi connectivity index (χ0n) is 15.1. The van der Waals surface area contributed by atoms with E-state index >= 15 is 0 Å². The molecule has 0 heterocycles. The highest BCUT2D eigenvalue weighted by Crippen LogP contribution is 2.28. The first-order valence-electron chi connectivity index (χ1n) is 8.45. The van der Waals surface area contributed by atoms with Crippen molar-refractivity contribution in [3.05, 3.63) is 42.0 Å². The van der Waals surface area contributed by atoms with Crippen LogP contribution in [0.25, 0.3) is 10.8 Å². The Kier molecular flexibility index (Phi) is 6.39. The quantitative estimate of drug-likeness (QED) is 0.557. The molecule has 1 atom stereocenters. The van der Waals surface area contributed by atoms with E-state index < -0.39 is 18.2 Å². The van der Waals surface area contributed by atoms with Crippen molar-refractivity contribution in [2.24, 2.45) is 0 Å². The van der Waals surface area contributed by atoms with Crippen LogP contribution in [0.1, 0.15) is 45.1 Å². The van der Waals surface area contributed by atoms with E-state index in [0.717, 1.165) is 22.1 Å². The Hall–Kier alpha value is -2.56. The molecule has 2 rings (SSSR count). The fraction of sp³-hybridized carbons (Fsp3) is 0.400. The molecule has 2 aromatic carbocycles. The first-order valence-corrected chi connectivity index (χ1v) is 8.45. The molecule has 134 valence electrons. The van der Waals surface area contributed by atoms with Crippen LogP contribution >= 0.6 is 0 Å². The number of ether oxygens (including phenoxy) is 3. The van der Waals surface area contributed by atoms with Crippen LogP contribution < -0.4 is 4.74 Å². The summed E-state index contributed by atoms with van der Waals surface area (Å²) in [7, 11) is 1.63. The molecular formula is C20H24O5. The van der Waals surface area contributed by atoms with Gasteiger partial charge in [0.25, 0.3) is 6.29 Å². The smallest absolute Gasteiger partial charge is 0.308 e. The zero-order valence-corrected chi connectivity index (χ0v) is 15.1. The highest BCUT2D eigenvalue weighted by molar-refractivity contribution is 5.84. The largest absolute Gasteiger partial charge is 0.497 e. The molecule has 0 N–H and O–H groups in total. The second-order valence-electron chi connectivity index (χ2n) is 5.82. The van der Waals surface area contributed by atoms with E-state index in [1.165, 1.54) is 0 Å². The number of esters is 2. The molecule has 0 saturated heterocycles. The van der Waals surface area contributed by atoms with Gasteiger partial charge in [-0.2, -0.15) is 0 Å². The van der Waals surface area contributed by atoms with Crippen LogP contribution in [0.15, 0.2) is 36.4 Å². The lowest BCUT2D eigenvalue weighted by Crippen LogP contribution is -2.29. The van der Waals surface area contributed by atoms with Crippen molar-refractivity contribution in [1.29, 1.82) is 0 Å². The molecule has 1 unspecified atom stereocenters. The van der Waals surface area contributed by atoms with Crippen LogP contribution in [0.3, 0.4) is 0 Å². The lowest BCUT2D eigenvalue weighted by Gasteiger charge is -2.24. The van der Waals surface area contributed by atoms with Crippen molar-refractivity contribution in [2.75, 3.05) is 7.11 Å². The van der Waals surface area contributed by atoms with Gasteiger partial charge in [0.05, 0.1) is 13.0 Å². The molecule has 0 aromatic heterocycles. The van der Waals surface area contributed by atoms with E-state index in [-0.39, 0.29) is 18.8 Å². The summed E-state index contributed by atoms with van der Waals surface area (Å²) in [6.45, 7) is 5.28. The maximum absolute atomic E-state index is 11.7. The third kappa shape index (κ3) is 4.72. The number of hydrogen-bond acceptors (Lipinski definition) is 5. The molecule has 0 amide bonds. The minimum Gasteiger partial charge on any atom is -0.497 e. The van der Waals surface area contributed by atoms with Crippen molar-refractivity contribution in [1.82, 2.24) is 0 Å². The molecule has 0 bridgehead atoms. The predicted molar refractivity (Wildman–Crippen MR) is 95.5 cm³/mol. The van der Waals surface area contributed by atoms with Gasteiger partial charge in [-0.15, -0.1) is 0 Å². The van der Waals surface area contributed by atoms with Crippen LogP contribution in [-0.2, 0) is 19.1 Å². The highest BCUT2D eigenvalue weighted by Gasteiger charge is 2.26. The van der Waals surface area contributed by atoms with Gasteiger partial charge in [0.1, 0.15) is 5.75 Å². The van der Waals surface area contributed by atoms with Gasteiger partial charge in [0.15, 0.2) is 0 Å². The van der Waals surface area contributed by atoms with E-state index in [1.54, 1.807) is 21.0 Å². The van der Waals surface area contributed by atoms with Gasteiger partial charge in [-0.3, -0.25) is 9.59 Å². The number of carbonyl (C=O) groups excluding carboxylic acids is 2. The van der Waals surface area contributed by atoms with Gasteiger partial charge in [0.2, 0.25) is 0 Å². The fourth-order valence-corrected chi connectivity index (χ4v) is 2.46. The summed E-state index contributed by atoms with van der Waals surface area (Å²) in [6, 6.07) is 11.7. The Morgan fingerprint density at radius 3 is 2.04 bits per heavy atom. The topological polar surface area (TPSA) is 61.8 Å². The number of methoxy groups -OCH3 is 1. The lowest BCUT2D eigenvalue weighted by molar-refractivity contribution is -0.191. The average Bonchev–Trinajstić information content (AvgIpc) is 2.65. The normalized spacial score (nSPS) is 12.0. The second-order valence-corrected chi connectivity index (χ2v) is 5.82. The summed E-state index contributed by atoms with van der Waals surface area (Å²) in [4.78, 5) is 23.4. The Bertz CT molecular complexity index is 735. The molecule has 2 aromatic rings. The summed E-state index contributed by atoms with van der Waals surface area (Å²) in [5, 5.41) is 2.08. The van der Waals surface area contributed by atoms with Crippen LogP contribution in [0, 0.1) is 0 Å². The molecule has 0 aliphatic carbocycles. The molecule has 0 saturated carbocycles. The van der Waals surface area contributed by atoms with E-state index in [1.807, 2.05) is 43.3 Å². The summed E-state index contributed by atoms with van der Waals surface area (Å²) in [6.07, 6.45) is -0.481. The Labute approximate surface area is 147 Å². The summed E-state index contributed by atoms with van der Waals surface area (Å²) in [5.41, 5.74) is 0.926. The third-order valence-electron chi connectivity index (χ3n) is 4.08. The van der Waals surface area contributed by atoms with Crippen molar-refractivity contribution in [3.63, 3.8) is 0 Å². The van der Waals surface area contributed by atoms with E-state index in [9.17, 15) is 9.59 Å². The molecule has 0 spiro atoms. The van der Waals surface area contributed by atoms with Gasteiger partial charge in [-0.05, 0) is 28.5 Å². The molecule has 5 heteroatoms. The number of hydrogen-bond donors (Lipinski definition) is 0. The van der Waals surface area contributed by atoms with E-state index in [2.05, 4.69) is 0 Å². The Morgan fingerprint density at radius 1 is 0.920 bits per heavy atom. The van der Waals surface area contributed by atoms with Gasteiger partial charge in [0, 0.05) is 12.8 Å². The minimum absolute atomic E-state index is 0.227. The number of rotatable bonds is 7. The number of benzene rings is 2. The summed E-state index contributed by atoms with van der Waals surface area (Å²) < 4.78 is 15.9. The predicted octanol–water partition coefficient (Wildman–Crippen LogP) is 4.18. The van der Waals surface area contributed by atoms with Gasteiger partial charge in [-0.1, -0.05) is 45.0 Å². The van der Waals surface area contributed by atoms with Crippen LogP contribution in [0.5, 0.6) is 5.75 Å². The molecule has 25 heavy (non-hydrogen) atoms. The van der Waals surface area contributed by atoms with Crippen LogP contribution in [0.2, 0.25) is 0 Å². The van der Waals surface area contributed by atoms with Crippen molar-refractivity contribution in [2.45, 2.75) is 45.8 Å². The zero-order chi connectivity index (χ0) is 18.4. The van der Waals surface area contributed by atoms with Crippen LogP contribution in [-0.4, -0.2) is 25.3 Å². The molecular weight excluding hydrogens is 320 g/mol. The van der Waals surface area contributed by atoms with Gasteiger partial charge < -0.3 is 14.2 Å². The van der Waals surface area contributed by atoms with E-state index in [4.69, 9.17) is 14.2 Å². The minimum atomic E-state index is -0.935. The van der Waals surface area contributed by atoms with E-state index in [0.29, 0.717) is 0 Å². The SMILES string of the molecule is CCC(=O)OC(OC(=O)CC)C(C)c1ccc2cc(OC)ccc2c1. The van der Waals surface area contributed by atoms with Crippen molar-refractivity contribution < 1.29 is 23.8 Å². The van der Waals surface area contributed by atoms with Gasteiger partial charge >= 0.3 is 11.9 Å². The van der Waals surface area contributed by atoms with Crippen LogP contribution in [0.4, 0.5) is 0 Å². The molecule has 0 fully saturated rings. The Balaban J connectivity index is 2.29. The van der Waals surface area contributed by atoms with Crippen molar-refractivity contribution >= 4 is 22.7 Å². The van der Waals surface area contributed by atoms with Crippen molar-refractivity contribution in [3.8, 4) is 5.75 Å². The Morgan fingerprint density at radius 2 is 1.48 bits per heavy atom. The molecule has 0 aliphatic heterocycles. The van der Waals surface area contributed by atoms with Gasteiger partial charge in [-0.25, -0.2) is 0 Å². The maximum Gasteiger partial charge on any atom is 0.308 e. The molecule has 0 aliphatic rings. The number of fused-ring (bicyclic) bond motifs is 1. The standard InChI is InChI=1S/C20H24O5/c1-5-18(21)24-20(25-19(22)6-2)13(3)14-7-8-16-12-17(23-4)10-9-15(16)11-14/h7-13,20H,5-6H2,1-4H3. The molecule has 5 nitrogen and oxygen atoms in total. The summed E-state index contributed by atoms with van der Waals surface area (Å²) in [5.74, 6) is -0.282.